The van der Waals surface area contributed by atoms with Crippen LogP contribution in [-0.2, 0) is 5.88 Å². The first-order chi connectivity index (χ1) is 7.69. The van der Waals surface area contributed by atoms with Crippen molar-refractivity contribution in [3.8, 4) is 11.3 Å². The van der Waals surface area contributed by atoms with Gasteiger partial charge in [-0.3, -0.25) is 0 Å². The van der Waals surface area contributed by atoms with Gasteiger partial charge in [-0.25, -0.2) is 9.37 Å². The smallest absolute Gasteiger partial charge is 0.130 e. The van der Waals surface area contributed by atoms with E-state index in [0.29, 0.717) is 16.7 Å². The molecule has 1 heterocycles. The van der Waals surface area contributed by atoms with Crippen molar-refractivity contribution in [2.24, 2.45) is 0 Å². The van der Waals surface area contributed by atoms with Crippen LogP contribution in [0.4, 0.5) is 4.39 Å². The number of benzene rings is 1. The Hall–Kier alpha value is -1.12. The fourth-order valence-corrected chi connectivity index (χ4v) is 1.78. The minimum Gasteiger partial charge on any atom is -0.236 e. The summed E-state index contributed by atoms with van der Waals surface area (Å²) in [7, 11) is 0. The maximum absolute atomic E-state index is 12.8. The van der Waals surface area contributed by atoms with Crippen LogP contribution in [0.25, 0.3) is 11.3 Å². The molecule has 1 nitrogen and oxygen atoms in total. The largest absolute Gasteiger partial charge is 0.236 e. The number of hydrogen-bond donors (Lipinski definition) is 0. The molecule has 16 heavy (non-hydrogen) atoms. The number of hydrogen-bond acceptors (Lipinski definition) is 1. The van der Waals surface area contributed by atoms with Gasteiger partial charge < -0.3 is 0 Å². The molecule has 2 aromatic rings. The summed E-state index contributed by atoms with van der Waals surface area (Å²) in [5.74, 6) is 0.0968. The van der Waals surface area contributed by atoms with E-state index in [9.17, 15) is 4.39 Å². The highest BCUT2D eigenvalue weighted by molar-refractivity contribution is 6.29. The van der Waals surface area contributed by atoms with E-state index in [-0.39, 0.29) is 5.82 Å². The summed E-state index contributed by atoms with van der Waals surface area (Å²) < 4.78 is 12.8. The van der Waals surface area contributed by atoms with Crippen LogP contribution in [-0.4, -0.2) is 4.98 Å². The number of nitrogens with zero attached hydrogens (tertiary/aromatic N) is 1. The first-order valence-electron chi connectivity index (χ1n) is 4.67. The molecule has 0 saturated heterocycles. The van der Waals surface area contributed by atoms with Crippen LogP contribution in [0.15, 0.2) is 36.4 Å². The molecule has 0 saturated carbocycles. The van der Waals surface area contributed by atoms with Crippen molar-refractivity contribution < 1.29 is 4.39 Å². The average molecular weight is 256 g/mol. The second-order valence-electron chi connectivity index (χ2n) is 3.32. The third kappa shape index (κ3) is 2.52. The lowest BCUT2D eigenvalue weighted by molar-refractivity contribution is 0.628. The molecule has 0 atom stereocenters. The highest BCUT2D eigenvalue weighted by atomic mass is 35.5. The zero-order valence-electron chi connectivity index (χ0n) is 8.25. The van der Waals surface area contributed by atoms with Crippen LogP contribution in [0.2, 0.25) is 5.15 Å². The van der Waals surface area contributed by atoms with Crippen molar-refractivity contribution in [3.05, 3.63) is 52.9 Å². The summed E-state index contributed by atoms with van der Waals surface area (Å²) >= 11 is 11.6. The molecule has 0 aliphatic carbocycles. The van der Waals surface area contributed by atoms with Crippen molar-refractivity contribution >= 4 is 23.2 Å². The molecule has 0 aliphatic rings. The van der Waals surface area contributed by atoms with Gasteiger partial charge in [-0.15, -0.1) is 11.6 Å². The molecule has 0 radical (unpaired) electrons. The molecule has 1 aromatic carbocycles. The third-order valence-electron chi connectivity index (χ3n) is 2.15. The molecule has 0 bridgehead atoms. The van der Waals surface area contributed by atoms with Crippen LogP contribution in [0, 0.1) is 5.82 Å². The molecule has 0 amide bonds. The summed E-state index contributed by atoms with van der Waals surface area (Å²) in [5, 5.41) is 0.387. The molecule has 0 unspecified atom stereocenters. The predicted octanol–water partition coefficient (Wildman–Crippen LogP) is 4.28. The maximum Gasteiger partial charge on any atom is 0.130 e. The van der Waals surface area contributed by atoms with Gasteiger partial charge in [-0.2, -0.15) is 0 Å². The summed E-state index contributed by atoms with van der Waals surface area (Å²) in [6.45, 7) is 0. The Kier molecular flexibility index (Phi) is 3.42. The molecule has 4 heteroatoms. The average Bonchev–Trinajstić information content (AvgIpc) is 2.29. The van der Waals surface area contributed by atoms with Crippen LogP contribution in [0.1, 0.15) is 5.56 Å². The summed E-state index contributed by atoms with van der Waals surface area (Å²) in [6, 6.07) is 9.64. The lowest BCUT2D eigenvalue weighted by atomic mass is 10.1. The number of pyridine rings is 1. The minimum atomic E-state index is -0.275. The molecule has 0 spiro atoms. The van der Waals surface area contributed by atoms with E-state index in [2.05, 4.69) is 4.98 Å². The minimum absolute atomic E-state index is 0.275. The van der Waals surface area contributed by atoms with E-state index in [0.717, 1.165) is 11.1 Å². The Bertz CT molecular complexity index is 497. The van der Waals surface area contributed by atoms with E-state index < -0.39 is 0 Å². The maximum atomic E-state index is 12.8. The number of alkyl halides is 1. The zero-order valence-corrected chi connectivity index (χ0v) is 9.76. The van der Waals surface area contributed by atoms with Crippen LogP contribution >= 0.6 is 23.2 Å². The van der Waals surface area contributed by atoms with E-state index >= 15 is 0 Å². The molecule has 1 aromatic heterocycles. The SMILES string of the molecule is Fc1ccc(-c2cc(CCl)cc(Cl)n2)cc1. The Labute approximate surface area is 103 Å². The Morgan fingerprint density at radius 2 is 1.81 bits per heavy atom. The second-order valence-corrected chi connectivity index (χ2v) is 3.98. The summed E-state index contributed by atoms with van der Waals surface area (Å²) in [6.07, 6.45) is 0. The zero-order chi connectivity index (χ0) is 11.5. The lowest BCUT2D eigenvalue weighted by Gasteiger charge is -2.04. The Morgan fingerprint density at radius 1 is 1.12 bits per heavy atom. The molecule has 0 fully saturated rings. The van der Waals surface area contributed by atoms with E-state index in [1.54, 1.807) is 18.2 Å². The van der Waals surface area contributed by atoms with E-state index in [1.165, 1.54) is 12.1 Å². The van der Waals surface area contributed by atoms with Gasteiger partial charge in [0.15, 0.2) is 0 Å². The number of aromatic nitrogens is 1. The van der Waals surface area contributed by atoms with Crippen LogP contribution in [0.5, 0.6) is 0 Å². The van der Waals surface area contributed by atoms with Gasteiger partial charge in [0.1, 0.15) is 11.0 Å². The van der Waals surface area contributed by atoms with Gasteiger partial charge >= 0.3 is 0 Å². The Balaban J connectivity index is 2.47. The molecule has 0 N–H and O–H groups in total. The Morgan fingerprint density at radius 3 is 2.44 bits per heavy atom. The van der Waals surface area contributed by atoms with Crippen molar-refractivity contribution in [1.29, 1.82) is 0 Å². The van der Waals surface area contributed by atoms with E-state index in [1.807, 2.05) is 6.07 Å². The van der Waals surface area contributed by atoms with Gasteiger partial charge in [-0.05, 0) is 42.0 Å². The highest BCUT2D eigenvalue weighted by Gasteiger charge is 2.03. The van der Waals surface area contributed by atoms with Gasteiger partial charge in [-0.1, -0.05) is 11.6 Å². The van der Waals surface area contributed by atoms with Crippen LogP contribution < -0.4 is 0 Å². The fraction of sp³-hybridized carbons (Fsp3) is 0.0833. The third-order valence-corrected chi connectivity index (χ3v) is 2.65. The van der Waals surface area contributed by atoms with Crippen LogP contribution in [0.3, 0.4) is 0 Å². The molecular formula is C12H8Cl2FN. The molecule has 0 aliphatic heterocycles. The van der Waals surface area contributed by atoms with Crippen molar-refractivity contribution in [2.75, 3.05) is 0 Å². The topological polar surface area (TPSA) is 12.9 Å². The molecular weight excluding hydrogens is 248 g/mol. The highest BCUT2D eigenvalue weighted by Crippen LogP contribution is 2.22. The van der Waals surface area contributed by atoms with Gasteiger partial charge in [0.2, 0.25) is 0 Å². The standard InChI is InChI=1S/C12H8Cl2FN/c13-7-8-5-11(16-12(14)6-8)9-1-3-10(15)4-2-9/h1-6H,7H2. The molecule has 2 rings (SSSR count). The van der Waals surface area contributed by atoms with Crippen molar-refractivity contribution in [3.63, 3.8) is 0 Å². The molecule has 82 valence electrons. The predicted molar refractivity (Wildman–Crippen MR) is 64.2 cm³/mol. The lowest BCUT2D eigenvalue weighted by Crippen LogP contribution is -1.88. The first kappa shape index (κ1) is 11.4. The van der Waals surface area contributed by atoms with Gasteiger partial charge in [0.25, 0.3) is 0 Å². The monoisotopic (exact) mass is 255 g/mol. The first-order valence-corrected chi connectivity index (χ1v) is 5.58. The van der Waals surface area contributed by atoms with Gasteiger partial charge in [0, 0.05) is 11.4 Å². The number of rotatable bonds is 2. The summed E-state index contributed by atoms with van der Waals surface area (Å²) in [5.41, 5.74) is 2.40. The number of halogens is 3. The van der Waals surface area contributed by atoms with Gasteiger partial charge in [0.05, 0.1) is 5.69 Å². The quantitative estimate of drug-likeness (QED) is 0.577. The normalized spacial score (nSPS) is 10.4. The summed E-state index contributed by atoms with van der Waals surface area (Å²) in [4.78, 5) is 4.17. The van der Waals surface area contributed by atoms with E-state index in [4.69, 9.17) is 23.2 Å². The second kappa shape index (κ2) is 4.81. The van der Waals surface area contributed by atoms with Crippen molar-refractivity contribution in [2.45, 2.75) is 5.88 Å². The van der Waals surface area contributed by atoms with Crippen molar-refractivity contribution in [1.82, 2.24) is 4.98 Å². The fourth-order valence-electron chi connectivity index (χ4n) is 1.40.